The largest absolute Gasteiger partial charge is 0.422 e. The molecule has 0 bridgehead atoms. The highest BCUT2D eigenvalue weighted by Gasteiger charge is 2.47. The molecule has 0 aliphatic rings. The topological polar surface area (TPSA) is 52.6 Å². The Morgan fingerprint density at radius 1 is 0.302 bits per heavy atom. The number of alkyl halides is 24. The van der Waals surface area contributed by atoms with Gasteiger partial charge in [-0.2, -0.15) is 127 Å². The highest BCUT2D eigenvalue weighted by Crippen LogP contribution is 2.42. The molecule has 0 aliphatic carbocycles. The van der Waals surface area contributed by atoms with E-state index in [1.165, 1.54) is 22.7 Å². The van der Waals surface area contributed by atoms with E-state index in [1.807, 2.05) is 48.5 Å². The zero-order valence-electron chi connectivity index (χ0n) is 41.5. The maximum absolute atomic E-state index is 14.2. The fourth-order valence-corrected chi connectivity index (χ4v) is 14.5. The van der Waals surface area contributed by atoms with Crippen LogP contribution in [-0.4, -0.2) is 18.1 Å². The Bertz CT molecular complexity index is 3220. The molecule has 8 aromatic rings. The van der Waals surface area contributed by atoms with Crippen LogP contribution in [0, 0.1) is 5.77 Å². The molecule has 0 saturated heterocycles. The molecule has 0 amide bonds. The third-order valence-corrected chi connectivity index (χ3v) is 17.9. The first kappa shape index (κ1) is 66.3. The van der Waals surface area contributed by atoms with Crippen LogP contribution in [0.4, 0.5) is 105 Å². The van der Waals surface area contributed by atoms with Gasteiger partial charge in [-0.25, -0.2) is 9.59 Å². The Kier molecular flexibility index (Phi) is 18.6. The number of carbonyl (C=O) groups excluding carboxylic acids is 2. The van der Waals surface area contributed by atoms with Crippen LogP contribution in [0.15, 0.2) is 158 Å². The number of thiophene rings is 2. The monoisotopic (exact) mass is 1400 g/mol. The van der Waals surface area contributed by atoms with Gasteiger partial charge in [-0.3, -0.25) is 0 Å². The van der Waals surface area contributed by atoms with Crippen LogP contribution in [-0.2, 0) is 49.4 Å². The van der Waals surface area contributed by atoms with Crippen LogP contribution >= 0.6 is 22.7 Å². The SMILES string of the molecule is FC(F)(F)c1cc([B-](c2cc(C(F)(F)F)cc(C(F)(F)F)c2)(c2cc(C(F)(F)F)cc(C(F)(F)F)c2)c2cc(C(F)(F)F)cc(C(F)(F)F)c2)cc(C(F)(F)F)c1.O=C(Oc1ccccc1)c1ccc([I+]c2ccc(C(=O)Oc3ccccc3)s2)s1. The summed E-state index contributed by atoms with van der Waals surface area (Å²) in [4.78, 5) is 25.7. The average molecular weight is 1400 g/mol. The van der Waals surface area contributed by atoms with Gasteiger partial charge in [0.05, 0.1) is 44.5 Å². The molecule has 2 heterocycles. The van der Waals surface area contributed by atoms with E-state index in [0.29, 0.717) is 21.3 Å². The van der Waals surface area contributed by atoms with E-state index in [-0.39, 0.29) is 11.9 Å². The van der Waals surface area contributed by atoms with Crippen molar-refractivity contribution in [1.82, 2.24) is 0 Å². The first-order valence-corrected chi connectivity index (χ1v) is 27.0. The molecule has 0 N–H and O–H groups in total. The first-order chi connectivity index (χ1) is 39.4. The molecule has 0 unspecified atom stereocenters. The second-order valence-corrected chi connectivity index (χ2v) is 24.4. The van der Waals surface area contributed by atoms with Crippen molar-refractivity contribution in [2.24, 2.45) is 0 Å². The molecule has 0 aliphatic heterocycles. The number of benzene rings is 6. The second-order valence-electron chi connectivity index (χ2n) is 17.9. The summed E-state index contributed by atoms with van der Waals surface area (Å²) in [7, 11) is 0. The molecule has 0 atom stereocenters. The van der Waals surface area contributed by atoms with Gasteiger partial charge in [0.15, 0.2) is 0 Å². The van der Waals surface area contributed by atoms with Crippen LogP contribution in [0.3, 0.4) is 0 Å². The van der Waals surface area contributed by atoms with Crippen LogP contribution in [0.5, 0.6) is 11.5 Å². The highest BCUT2D eigenvalue weighted by atomic mass is 127. The van der Waals surface area contributed by atoms with Crippen molar-refractivity contribution in [3.63, 3.8) is 0 Å². The summed E-state index contributed by atoms with van der Waals surface area (Å²) in [6.07, 6.45) is -54.8. The molecule has 0 spiro atoms. The van der Waals surface area contributed by atoms with Gasteiger partial charge in [0.1, 0.15) is 27.4 Å². The summed E-state index contributed by atoms with van der Waals surface area (Å²) >= 11 is 2.40. The van der Waals surface area contributed by atoms with Crippen molar-refractivity contribution < 1.29 is 146 Å². The van der Waals surface area contributed by atoms with Gasteiger partial charge >= 0.3 is 82.6 Å². The number of para-hydroxylation sites is 2. The van der Waals surface area contributed by atoms with Gasteiger partial charge in [-0.15, -0.1) is 0 Å². The number of esters is 2. The van der Waals surface area contributed by atoms with Gasteiger partial charge in [-0.05, 0) is 60.7 Å². The molecule has 6 aromatic carbocycles. The molecule has 86 heavy (non-hydrogen) atoms. The summed E-state index contributed by atoms with van der Waals surface area (Å²) in [6, 6.07) is 16.7. The Hall–Kier alpha value is -7.23. The third-order valence-electron chi connectivity index (χ3n) is 12.1. The first-order valence-electron chi connectivity index (χ1n) is 23.2. The van der Waals surface area contributed by atoms with E-state index < -0.39 is 216 Å². The molecule has 456 valence electrons. The zero-order chi connectivity index (χ0) is 64.0. The van der Waals surface area contributed by atoms with Crippen LogP contribution in [0.1, 0.15) is 63.9 Å². The van der Waals surface area contributed by atoms with Gasteiger partial charge in [0.2, 0.25) is 5.77 Å². The molecular formula is C54H26BF24IO4S2. The predicted molar refractivity (Wildman–Crippen MR) is 259 cm³/mol. The van der Waals surface area contributed by atoms with Gasteiger partial charge < -0.3 is 9.47 Å². The Morgan fingerprint density at radius 2 is 0.512 bits per heavy atom. The minimum absolute atomic E-state index is 0.352. The molecule has 0 saturated carbocycles. The fraction of sp³-hybridized carbons (Fsp3) is 0.148. The van der Waals surface area contributed by atoms with Crippen molar-refractivity contribution in [2.45, 2.75) is 49.4 Å². The normalized spacial score (nSPS) is 13.0. The summed E-state index contributed by atoms with van der Waals surface area (Å²) in [5.41, 5.74) is -30.2. The molecular weight excluding hydrogens is 1370 g/mol. The smallest absolute Gasteiger partial charge is 0.416 e. The van der Waals surface area contributed by atoms with Crippen molar-refractivity contribution in [3.8, 4) is 11.5 Å². The number of rotatable bonds is 10. The molecule has 2 aromatic heterocycles. The quantitative estimate of drug-likeness (QED) is 0.0450. The number of hydrogen-bond acceptors (Lipinski definition) is 6. The summed E-state index contributed by atoms with van der Waals surface area (Å²) < 4.78 is 354. The summed E-state index contributed by atoms with van der Waals surface area (Å²) in [5, 5.41) is 0. The van der Waals surface area contributed by atoms with Gasteiger partial charge in [-0.1, -0.05) is 108 Å². The highest BCUT2D eigenvalue weighted by molar-refractivity contribution is 7.20. The molecule has 4 nitrogen and oxygen atoms in total. The van der Waals surface area contributed by atoms with Gasteiger partial charge in [0.25, 0.3) is 0 Å². The second kappa shape index (κ2) is 24.2. The van der Waals surface area contributed by atoms with Gasteiger partial charge in [0, 0.05) is 12.1 Å². The van der Waals surface area contributed by atoms with Crippen molar-refractivity contribution in [2.75, 3.05) is 0 Å². The molecule has 0 fully saturated rings. The van der Waals surface area contributed by atoms with E-state index in [0.717, 1.165) is 5.77 Å². The average Bonchev–Trinajstić information content (AvgIpc) is 0.817. The maximum atomic E-state index is 14.2. The zero-order valence-corrected chi connectivity index (χ0v) is 45.3. The lowest BCUT2D eigenvalue weighted by molar-refractivity contribution is -0.585. The predicted octanol–water partition coefficient (Wildman–Crippen LogP) is 13.6. The van der Waals surface area contributed by atoms with E-state index in [1.54, 1.807) is 36.4 Å². The van der Waals surface area contributed by atoms with E-state index in [9.17, 15) is 115 Å². The minimum Gasteiger partial charge on any atom is -0.422 e. The lowest BCUT2D eigenvalue weighted by Crippen LogP contribution is -3.61. The van der Waals surface area contributed by atoms with Crippen molar-refractivity contribution in [1.29, 1.82) is 0 Å². The number of halogens is 25. The van der Waals surface area contributed by atoms with Crippen LogP contribution in [0.25, 0.3) is 0 Å². The Labute approximate surface area is 484 Å². The molecule has 32 heteroatoms. The standard InChI is InChI=1S/C32H12BF24.C22H14IO4S2/c34-25(35,36)13-1-14(26(37,38)39)6-21(5-13)33(22-7-15(27(40,41)42)2-16(8-22)28(43,44)45,23-9-17(29(46,47)48)3-18(10-23)30(49,50)51)24-11-19(31(52,53)54)4-20(12-24)32(55,56)57;24-21(26-15-7-3-1-4-8-15)17-11-13-19(28-17)23-20-14-12-18(29-20)22(25)27-16-9-5-2-6-10-16/h1-12H;1-14H/q-1;+1. The number of ether oxygens (including phenoxy) is 2. The summed E-state index contributed by atoms with van der Waals surface area (Å²) in [6.45, 7) is 0. The van der Waals surface area contributed by atoms with Crippen LogP contribution in [0.2, 0.25) is 0 Å². The van der Waals surface area contributed by atoms with Crippen LogP contribution < -0.4 is 52.5 Å². The number of hydrogen-bond donors (Lipinski definition) is 0. The maximum Gasteiger partial charge on any atom is 0.416 e. The minimum atomic E-state index is -6.13. The summed E-state index contributed by atoms with van der Waals surface area (Å²) in [5.74, 6) is 0.355. The lowest BCUT2D eigenvalue weighted by atomic mass is 9.12. The third kappa shape index (κ3) is 15.8. The molecule has 0 radical (unpaired) electrons. The lowest BCUT2D eigenvalue weighted by Gasteiger charge is -2.46. The Morgan fingerprint density at radius 3 is 0.709 bits per heavy atom. The van der Waals surface area contributed by atoms with Crippen molar-refractivity contribution in [3.05, 3.63) is 218 Å². The Balaban J connectivity index is 0.000000302. The fourth-order valence-electron chi connectivity index (χ4n) is 8.40. The van der Waals surface area contributed by atoms with E-state index in [4.69, 9.17) is 9.47 Å². The molecule has 8 rings (SSSR count). The van der Waals surface area contributed by atoms with Crippen molar-refractivity contribution >= 4 is 62.6 Å². The van der Waals surface area contributed by atoms with E-state index >= 15 is 0 Å². The van der Waals surface area contributed by atoms with E-state index in [2.05, 4.69) is 0 Å². The number of carbonyl (C=O) groups is 2.